The third-order valence-electron chi connectivity index (χ3n) is 0. The molecule has 2 radical (unpaired) electrons. The van der Waals surface area contributed by atoms with Gasteiger partial charge >= 0.3 is 19.5 Å². The molecule has 4 heavy (non-hydrogen) atoms. The molecule has 0 heterocycles. The molecule has 0 bridgehead atoms. The van der Waals surface area contributed by atoms with Gasteiger partial charge in [-0.25, -0.2) is 0 Å². The van der Waals surface area contributed by atoms with Crippen LogP contribution in [0.15, 0.2) is 0 Å². The van der Waals surface area contributed by atoms with E-state index in [9.17, 15) is 0 Å². The first kappa shape index (κ1) is 37.3. The molecule has 0 aliphatic carbocycles. The number of hydrogen-bond donors (Lipinski definition) is 0. The van der Waals surface area contributed by atoms with Crippen LogP contribution in [0.5, 0.6) is 0 Å². The summed E-state index contributed by atoms with van der Waals surface area (Å²) < 4.78 is 0. The molecule has 0 aliphatic heterocycles. The van der Waals surface area contributed by atoms with Crippen LogP contribution in [-0.2, 0) is 67.1 Å². The second-order valence-electron chi connectivity index (χ2n) is 0. The third-order valence-corrected chi connectivity index (χ3v) is 0. The zero-order chi connectivity index (χ0) is 0. The van der Waals surface area contributed by atoms with E-state index < -0.39 is 0 Å². The SMILES string of the molecule is [Cu].[Mn].[S-2].[Zn+2]. The second-order valence-corrected chi connectivity index (χ2v) is 0. The molecular formula is CuMnSZn. The molecule has 0 aromatic carbocycles. The molecule has 0 rings (SSSR count). The fourth-order valence-corrected chi connectivity index (χ4v) is 0. The van der Waals surface area contributed by atoms with Gasteiger partial charge in [0.1, 0.15) is 0 Å². The number of rotatable bonds is 0. The van der Waals surface area contributed by atoms with E-state index in [1.165, 1.54) is 0 Å². The van der Waals surface area contributed by atoms with Gasteiger partial charge in [0, 0.05) is 34.1 Å². The van der Waals surface area contributed by atoms with E-state index in [1.54, 1.807) is 0 Å². The van der Waals surface area contributed by atoms with Crippen molar-refractivity contribution in [2.75, 3.05) is 0 Å². The Morgan fingerprint density at radius 2 is 1.00 bits per heavy atom. The maximum atomic E-state index is 0. The van der Waals surface area contributed by atoms with Gasteiger partial charge in [0.05, 0.1) is 0 Å². The first-order valence-corrected chi connectivity index (χ1v) is 0. The summed E-state index contributed by atoms with van der Waals surface area (Å²) in [7, 11) is 0. The molecule has 26 valence electrons. The van der Waals surface area contributed by atoms with Crippen molar-refractivity contribution in [2.24, 2.45) is 0 Å². The van der Waals surface area contributed by atoms with Gasteiger partial charge in [-0.2, -0.15) is 0 Å². The smallest absolute Gasteiger partial charge is 2.00 e. The summed E-state index contributed by atoms with van der Waals surface area (Å²) in [5, 5.41) is 0. The topological polar surface area (TPSA) is 0 Å². The van der Waals surface area contributed by atoms with Crippen molar-refractivity contribution in [3.8, 4) is 0 Å². The number of hydrogen-bond acceptors (Lipinski definition) is 0. The van der Waals surface area contributed by atoms with E-state index in [2.05, 4.69) is 0 Å². The zero-order valence-electron chi connectivity index (χ0n) is 1.79. The van der Waals surface area contributed by atoms with Crippen molar-refractivity contribution in [3.63, 3.8) is 0 Å². The molecule has 0 fully saturated rings. The fourth-order valence-electron chi connectivity index (χ4n) is 0. The van der Waals surface area contributed by atoms with Crippen LogP contribution in [0.4, 0.5) is 0 Å². The van der Waals surface area contributed by atoms with E-state index in [0.717, 1.165) is 0 Å². The summed E-state index contributed by atoms with van der Waals surface area (Å²) >= 11 is 0. The molecule has 0 N–H and O–H groups in total. The minimum atomic E-state index is 0. The van der Waals surface area contributed by atoms with E-state index >= 15 is 0 Å². The molecule has 0 amide bonds. The predicted octanol–water partition coefficient (Wildman–Crippen LogP) is -0.00990. The maximum absolute atomic E-state index is 0. The quantitative estimate of drug-likeness (QED) is 0.499. The van der Waals surface area contributed by atoms with Crippen molar-refractivity contribution in [2.45, 2.75) is 0 Å². The Morgan fingerprint density at radius 1 is 1.00 bits per heavy atom. The van der Waals surface area contributed by atoms with Gasteiger partial charge in [0.2, 0.25) is 0 Å². The summed E-state index contributed by atoms with van der Waals surface area (Å²) in [5.74, 6) is 0. The Balaban J connectivity index is 0. The molecule has 0 saturated carbocycles. The van der Waals surface area contributed by atoms with Crippen molar-refractivity contribution in [3.05, 3.63) is 0 Å². The van der Waals surface area contributed by atoms with Gasteiger partial charge in [0.15, 0.2) is 0 Å². The Hall–Kier alpha value is 2.01. The van der Waals surface area contributed by atoms with E-state index in [4.69, 9.17) is 0 Å². The van der Waals surface area contributed by atoms with Crippen LogP contribution in [0, 0.1) is 0 Å². The first-order chi connectivity index (χ1) is 0. The zero-order valence-corrected chi connectivity index (χ0v) is 7.70. The van der Waals surface area contributed by atoms with Crippen LogP contribution in [0.3, 0.4) is 0 Å². The Bertz CT molecular complexity index is 8.00. The van der Waals surface area contributed by atoms with E-state index in [1.807, 2.05) is 0 Å². The van der Waals surface area contributed by atoms with Crippen molar-refractivity contribution in [1.82, 2.24) is 0 Å². The Kier molecular flexibility index (Phi) is 186. The average Bonchev–Trinajstić information content (AvgIpc) is 0. The molecule has 0 spiro atoms. The fraction of sp³-hybridized carbons (Fsp3) is 0. The molecule has 0 aromatic rings. The Labute approximate surface area is 66.6 Å². The largest absolute Gasteiger partial charge is 2.00 e. The van der Waals surface area contributed by atoms with E-state index in [0.29, 0.717) is 0 Å². The van der Waals surface area contributed by atoms with Gasteiger partial charge in [-0.15, -0.1) is 0 Å². The van der Waals surface area contributed by atoms with Crippen LogP contribution in [0.2, 0.25) is 0 Å². The molecule has 0 unspecified atom stereocenters. The molecule has 0 aromatic heterocycles. The molecule has 0 aliphatic rings. The third kappa shape index (κ3) is 8.99. The van der Waals surface area contributed by atoms with Gasteiger partial charge in [-0.1, -0.05) is 0 Å². The monoisotopic (exact) mass is 214 g/mol. The van der Waals surface area contributed by atoms with Gasteiger partial charge in [-0.05, 0) is 0 Å². The van der Waals surface area contributed by atoms with Crippen LogP contribution in [0.1, 0.15) is 0 Å². The van der Waals surface area contributed by atoms with Crippen molar-refractivity contribution >= 4 is 13.5 Å². The van der Waals surface area contributed by atoms with Gasteiger partial charge in [0.25, 0.3) is 0 Å². The van der Waals surface area contributed by atoms with E-state index in [-0.39, 0.29) is 67.1 Å². The van der Waals surface area contributed by atoms with Crippen LogP contribution < -0.4 is 0 Å². The van der Waals surface area contributed by atoms with Gasteiger partial charge < -0.3 is 13.5 Å². The van der Waals surface area contributed by atoms with Crippen LogP contribution in [0.25, 0.3) is 0 Å². The minimum Gasteiger partial charge on any atom is -2.00 e. The summed E-state index contributed by atoms with van der Waals surface area (Å²) in [6.07, 6.45) is 0. The summed E-state index contributed by atoms with van der Waals surface area (Å²) in [4.78, 5) is 0. The normalized spacial score (nSPS) is 0. The first-order valence-electron chi connectivity index (χ1n) is 0. The molecule has 0 atom stereocenters. The second kappa shape index (κ2) is 19.9. The molecular weight excluding hydrogens is 216 g/mol. The van der Waals surface area contributed by atoms with Crippen molar-refractivity contribution in [1.29, 1.82) is 0 Å². The summed E-state index contributed by atoms with van der Waals surface area (Å²) in [6, 6.07) is 0. The molecule has 0 nitrogen and oxygen atoms in total. The summed E-state index contributed by atoms with van der Waals surface area (Å²) in [5.41, 5.74) is 0. The van der Waals surface area contributed by atoms with Crippen LogP contribution in [-0.4, -0.2) is 0 Å². The molecule has 4 heteroatoms. The average molecular weight is 216 g/mol. The standard InChI is InChI=1S/Cu.Mn.S.Zn/q;;-2;+2. The van der Waals surface area contributed by atoms with Crippen molar-refractivity contribution < 1.29 is 53.6 Å². The summed E-state index contributed by atoms with van der Waals surface area (Å²) in [6.45, 7) is 0. The Morgan fingerprint density at radius 3 is 1.00 bits per heavy atom. The van der Waals surface area contributed by atoms with Crippen LogP contribution >= 0.6 is 0 Å². The van der Waals surface area contributed by atoms with Gasteiger partial charge in [-0.3, -0.25) is 0 Å². The maximum Gasteiger partial charge on any atom is 2.00 e. The minimum absolute atomic E-state index is 0. The predicted molar refractivity (Wildman–Crippen MR) is 7.37 cm³/mol. The molecule has 0 saturated heterocycles.